The Hall–Kier alpha value is -1.33. The van der Waals surface area contributed by atoms with Gasteiger partial charge >= 0.3 is 0 Å². The lowest BCUT2D eigenvalue weighted by molar-refractivity contribution is 1.10. The number of halogens is 2. The van der Waals surface area contributed by atoms with Gasteiger partial charge in [0.2, 0.25) is 0 Å². The fourth-order valence-corrected chi connectivity index (χ4v) is 1.83. The second kappa shape index (κ2) is 4.89. The molecule has 0 aliphatic rings. The Labute approximate surface area is 111 Å². The van der Waals surface area contributed by atoms with Crippen molar-refractivity contribution >= 4 is 39.0 Å². The van der Waals surface area contributed by atoms with Crippen molar-refractivity contribution in [1.82, 2.24) is 9.97 Å². The van der Waals surface area contributed by atoms with Crippen LogP contribution >= 0.6 is 27.5 Å². The third kappa shape index (κ3) is 2.50. The first kappa shape index (κ1) is 12.1. The van der Waals surface area contributed by atoms with E-state index in [0.29, 0.717) is 15.3 Å². The lowest BCUT2D eigenvalue weighted by Crippen LogP contribution is -2.10. The Morgan fingerprint density at radius 3 is 3.00 bits per heavy atom. The smallest absolute Gasteiger partial charge is 0.267 e. The second-order valence-corrected chi connectivity index (χ2v) is 4.63. The molecule has 0 atom stereocenters. The first-order valence-corrected chi connectivity index (χ1v) is 6.02. The molecule has 2 aromatic rings. The van der Waals surface area contributed by atoms with Crippen molar-refractivity contribution in [3.63, 3.8) is 0 Å². The van der Waals surface area contributed by atoms with Crippen LogP contribution in [-0.4, -0.2) is 9.97 Å². The minimum atomic E-state index is -0.234. The van der Waals surface area contributed by atoms with E-state index in [4.69, 9.17) is 11.6 Å². The standard InChI is InChI=1S/C11H9BrClN3O/c1-6-7(13)3-2-4-8(6)16-10-9(12)11(17)15-5-14-10/h2-5H,1H3,(H2,14,15,16,17). The lowest BCUT2D eigenvalue weighted by Gasteiger charge is -2.10. The van der Waals surface area contributed by atoms with Gasteiger partial charge in [-0.2, -0.15) is 0 Å². The molecule has 6 heteroatoms. The summed E-state index contributed by atoms with van der Waals surface area (Å²) in [4.78, 5) is 17.9. The van der Waals surface area contributed by atoms with Crippen LogP contribution in [0.15, 0.2) is 33.8 Å². The van der Waals surface area contributed by atoms with Crippen LogP contribution in [0.25, 0.3) is 0 Å². The van der Waals surface area contributed by atoms with E-state index in [1.165, 1.54) is 6.33 Å². The van der Waals surface area contributed by atoms with Crippen LogP contribution in [0.2, 0.25) is 5.02 Å². The van der Waals surface area contributed by atoms with Gasteiger partial charge in [0.25, 0.3) is 5.56 Å². The van der Waals surface area contributed by atoms with Crippen molar-refractivity contribution in [2.45, 2.75) is 6.92 Å². The Morgan fingerprint density at radius 1 is 1.47 bits per heavy atom. The van der Waals surface area contributed by atoms with Crippen molar-refractivity contribution in [2.24, 2.45) is 0 Å². The summed E-state index contributed by atoms with van der Waals surface area (Å²) in [6.45, 7) is 1.89. The summed E-state index contributed by atoms with van der Waals surface area (Å²) < 4.78 is 0.361. The molecule has 1 aromatic heterocycles. The molecule has 0 aliphatic heterocycles. The van der Waals surface area contributed by atoms with Gasteiger partial charge in [0.1, 0.15) is 4.47 Å². The molecule has 17 heavy (non-hydrogen) atoms. The number of rotatable bonds is 2. The highest BCUT2D eigenvalue weighted by atomic mass is 79.9. The molecule has 0 amide bonds. The van der Waals surface area contributed by atoms with Gasteiger partial charge in [-0.05, 0) is 40.5 Å². The second-order valence-electron chi connectivity index (χ2n) is 3.43. The molecule has 0 unspecified atom stereocenters. The largest absolute Gasteiger partial charge is 0.339 e. The maximum absolute atomic E-state index is 11.4. The fourth-order valence-electron chi connectivity index (χ4n) is 1.34. The van der Waals surface area contributed by atoms with Gasteiger partial charge in [0, 0.05) is 10.7 Å². The maximum Gasteiger partial charge on any atom is 0.267 e. The number of hydrogen-bond donors (Lipinski definition) is 2. The molecule has 0 saturated heterocycles. The monoisotopic (exact) mass is 313 g/mol. The molecule has 4 nitrogen and oxygen atoms in total. The average Bonchev–Trinajstić information content (AvgIpc) is 2.31. The Kier molecular flexibility index (Phi) is 3.49. The molecular formula is C11H9BrClN3O. The molecule has 0 fully saturated rings. The van der Waals surface area contributed by atoms with Crippen molar-refractivity contribution < 1.29 is 0 Å². The molecule has 88 valence electrons. The summed E-state index contributed by atoms with van der Waals surface area (Å²) in [6.07, 6.45) is 1.34. The summed E-state index contributed by atoms with van der Waals surface area (Å²) >= 11 is 9.19. The molecular weight excluding hydrogens is 305 g/mol. The van der Waals surface area contributed by atoms with Crippen LogP contribution in [0.1, 0.15) is 5.56 Å². The van der Waals surface area contributed by atoms with Crippen molar-refractivity contribution in [3.05, 3.63) is 49.9 Å². The van der Waals surface area contributed by atoms with E-state index in [-0.39, 0.29) is 5.56 Å². The topological polar surface area (TPSA) is 57.8 Å². The number of hydrogen-bond acceptors (Lipinski definition) is 3. The number of benzene rings is 1. The first-order valence-electron chi connectivity index (χ1n) is 4.85. The molecule has 2 N–H and O–H groups in total. The number of aromatic nitrogens is 2. The normalized spacial score (nSPS) is 10.3. The van der Waals surface area contributed by atoms with Gasteiger partial charge in [-0.1, -0.05) is 17.7 Å². The molecule has 0 saturated carbocycles. The van der Waals surface area contributed by atoms with Gasteiger partial charge in [0.15, 0.2) is 5.82 Å². The molecule has 0 bridgehead atoms. The quantitative estimate of drug-likeness (QED) is 0.894. The van der Waals surface area contributed by atoms with Crippen LogP contribution in [-0.2, 0) is 0 Å². The van der Waals surface area contributed by atoms with Gasteiger partial charge in [-0.15, -0.1) is 0 Å². The van der Waals surface area contributed by atoms with Crippen LogP contribution in [0.3, 0.4) is 0 Å². The highest BCUT2D eigenvalue weighted by Gasteiger charge is 2.07. The summed E-state index contributed by atoms with van der Waals surface area (Å²) in [5.74, 6) is 0.458. The first-order chi connectivity index (χ1) is 8.09. The van der Waals surface area contributed by atoms with Gasteiger partial charge < -0.3 is 10.3 Å². The predicted molar refractivity (Wildman–Crippen MR) is 72.0 cm³/mol. The lowest BCUT2D eigenvalue weighted by atomic mass is 10.2. The Balaban J connectivity index is 2.42. The molecule has 0 aliphatic carbocycles. The number of H-pyrrole nitrogens is 1. The van der Waals surface area contributed by atoms with Crippen LogP contribution < -0.4 is 10.9 Å². The van der Waals surface area contributed by atoms with Crippen molar-refractivity contribution in [1.29, 1.82) is 0 Å². The minimum Gasteiger partial charge on any atom is -0.339 e. The number of nitrogens with one attached hydrogen (secondary N) is 2. The minimum absolute atomic E-state index is 0.234. The highest BCUT2D eigenvalue weighted by molar-refractivity contribution is 9.10. The SMILES string of the molecule is Cc1c(Cl)cccc1Nc1nc[nH]c(=O)c1Br. The van der Waals surface area contributed by atoms with E-state index < -0.39 is 0 Å². The van der Waals surface area contributed by atoms with E-state index in [0.717, 1.165) is 11.3 Å². The van der Waals surface area contributed by atoms with E-state index in [9.17, 15) is 4.79 Å². The summed E-state index contributed by atoms with van der Waals surface area (Å²) in [5, 5.41) is 3.72. The Bertz CT molecular complexity index is 612. The maximum atomic E-state index is 11.4. The zero-order valence-electron chi connectivity index (χ0n) is 8.92. The highest BCUT2D eigenvalue weighted by Crippen LogP contribution is 2.26. The third-order valence-corrected chi connectivity index (χ3v) is 3.46. The fraction of sp³-hybridized carbons (Fsp3) is 0.0909. The van der Waals surface area contributed by atoms with Crippen LogP contribution in [0.5, 0.6) is 0 Å². The summed E-state index contributed by atoms with van der Waals surface area (Å²) in [6, 6.07) is 5.51. The number of anilines is 2. The average molecular weight is 315 g/mol. The third-order valence-electron chi connectivity index (χ3n) is 2.32. The van der Waals surface area contributed by atoms with Crippen molar-refractivity contribution in [2.75, 3.05) is 5.32 Å². The molecule has 1 aromatic carbocycles. The predicted octanol–water partition coefficient (Wildman–Crippen LogP) is 3.24. The van der Waals surface area contributed by atoms with Crippen molar-refractivity contribution in [3.8, 4) is 0 Å². The van der Waals surface area contributed by atoms with E-state index in [1.54, 1.807) is 0 Å². The van der Waals surface area contributed by atoms with E-state index >= 15 is 0 Å². The molecule has 0 radical (unpaired) electrons. The molecule has 2 rings (SSSR count). The molecule has 1 heterocycles. The zero-order chi connectivity index (χ0) is 12.4. The van der Waals surface area contributed by atoms with E-state index in [2.05, 4.69) is 31.2 Å². The van der Waals surface area contributed by atoms with Gasteiger partial charge in [0.05, 0.1) is 6.33 Å². The van der Waals surface area contributed by atoms with Gasteiger partial charge in [-0.25, -0.2) is 4.98 Å². The summed E-state index contributed by atoms with van der Waals surface area (Å²) in [7, 11) is 0. The Morgan fingerprint density at radius 2 is 2.24 bits per heavy atom. The summed E-state index contributed by atoms with van der Waals surface area (Å²) in [5.41, 5.74) is 1.49. The van der Waals surface area contributed by atoms with Gasteiger partial charge in [-0.3, -0.25) is 4.79 Å². The number of aromatic amines is 1. The van der Waals surface area contributed by atoms with E-state index in [1.807, 2.05) is 25.1 Å². The van der Waals surface area contributed by atoms with Crippen LogP contribution in [0.4, 0.5) is 11.5 Å². The number of nitrogens with zero attached hydrogens (tertiary/aromatic N) is 1. The molecule has 0 spiro atoms. The van der Waals surface area contributed by atoms with Crippen LogP contribution in [0, 0.1) is 6.92 Å². The zero-order valence-corrected chi connectivity index (χ0v) is 11.3.